The molecule has 84 valence electrons. The number of aromatic nitrogens is 2. The van der Waals surface area contributed by atoms with E-state index < -0.39 is 5.82 Å². The molecule has 1 aromatic carbocycles. The molecule has 0 saturated heterocycles. The Balaban J connectivity index is 2.39. The van der Waals surface area contributed by atoms with Crippen molar-refractivity contribution in [3.05, 3.63) is 42.0 Å². The molecular formula is C12H8FN3O. The highest BCUT2D eigenvalue weighted by atomic mass is 19.1. The van der Waals surface area contributed by atoms with Crippen molar-refractivity contribution in [1.82, 2.24) is 9.78 Å². The van der Waals surface area contributed by atoms with Crippen LogP contribution in [0.15, 0.2) is 30.6 Å². The minimum atomic E-state index is -0.480. The molecule has 0 N–H and O–H groups in total. The number of carbonyl (C=O) groups excluding carboxylic acids is 1. The van der Waals surface area contributed by atoms with Gasteiger partial charge in [-0.05, 0) is 6.07 Å². The van der Waals surface area contributed by atoms with Crippen LogP contribution < -0.4 is 0 Å². The van der Waals surface area contributed by atoms with Crippen molar-refractivity contribution >= 4 is 6.29 Å². The number of aldehydes is 1. The molecule has 0 atom stereocenters. The Kier molecular flexibility index (Phi) is 2.97. The summed E-state index contributed by atoms with van der Waals surface area (Å²) in [4.78, 5) is 10.5. The van der Waals surface area contributed by atoms with Crippen LogP contribution in [0.3, 0.4) is 0 Å². The van der Waals surface area contributed by atoms with E-state index in [0.717, 1.165) is 0 Å². The number of benzene rings is 1. The van der Waals surface area contributed by atoms with Crippen LogP contribution in [0, 0.1) is 17.1 Å². The first-order chi connectivity index (χ1) is 8.24. The first kappa shape index (κ1) is 11.0. The van der Waals surface area contributed by atoms with Gasteiger partial charge in [0.25, 0.3) is 0 Å². The molecular weight excluding hydrogens is 221 g/mol. The highest BCUT2D eigenvalue weighted by molar-refractivity contribution is 5.77. The highest BCUT2D eigenvalue weighted by Gasteiger charge is 2.08. The zero-order chi connectivity index (χ0) is 12.3. The largest absolute Gasteiger partial charge is 0.298 e. The molecule has 0 radical (unpaired) electrons. The van der Waals surface area contributed by atoms with Crippen LogP contribution in [0.1, 0.15) is 10.4 Å². The van der Waals surface area contributed by atoms with Crippen LogP contribution in [0.5, 0.6) is 0 Å². The monoisotopic (exact) mass is 229 g/mol. The van der Waals surface area contributed by atoms with Crippen molar-refractivity contribution in [1.29, 1.82) is 5.26 Å². The molecule has 1 heterocycles. The first-order valence-corrected chi connectivity index (χ1v) is 4.89. The smallest absolute Gasteiger partial charge is 0.150 e. The summed E-state index contributed by atoms with van der Waals surface area (Å²) >= 11 is 0. The average molecular weight is 229 g/mol. The number of nitriles is 1. The summed E-state index contributed by atoms with van der Waals surface area (Å²) in [5.41, 5.74) is 1.23. The van der Waals surface area contributed by atoms with Gasteiger partial charge in [0.15, 0.2) is 0 Å². The SMILES string of the molecule is N#CCn1cc(-c2ccc(C=O)cc2F)cn1. The van der Waals surface area contributed by atoms with Crippen molar-refractivity contribution < 1.29 is 9.18 Å². The molecule has 0 saturated carbocycles. The van der Waals surface area contributed by atoms with Gasteiger partial charge < -0.3 is 0 Å². The maximum atomic E-state index is 13.7. The molecule has 2 rings (SSSR count). The number of halogens is 1. The van der Waals surface area contributed by atoms with Crippen LogP contribution in [0.25, 0.3) is 11.1 Å². The molecule has 0 fully saturated rings. The van der Waals surface area contributed by atoms with Gasteiger partial charge in [-0.25, -0.2) is 4.39 Å². The summed E-state index contributed by atoms with van der Waals surface area (Å²) in [7, 11) is 0. The van der Waals surface area contributed by atoms with Crippen molar-refractivity contribution in [2.45, 2.75) is 6.54 Å². The van der Waals surface area contributed by atoms with Crippen LogP contribution in [0.4, 0.5) is 4.39 Å². The first-order valence-electron chi connectivity index (χ1n) is 4.89. The molecule has 2 aromatic rings. The summed E-state index contributed by atoms with van der Waals surface area (Å²) in [5.74, 6) is -0.480. The van der Waals surface area contributed by atoms with E-state index in [9.17, 15) is 9.18 Å². The lowest BCUT2D eigenvalue weighted by Crippen LogP contribution is -1.94. The second kappa shape index (κ2) is 4.58. The molecule has 0 spiro atoms. The summed E-state index contributed by atoms with van der Waals surface area (Å²) < 4.78 is 15.1. The molecule has 0 aliphatic carbocycles. The Bertz CT molecular complexity index is 598. The predicted molar refractivity (Wildman–Crippen MR) is 58.6 cm³/mol. The van der Waals surface area contributed by atoms with Gasteiger partial charge in [-0.15, -0.1) is 0 Å². The Hall–Kier alpha value is -2.48. The summed E-state index contributed by atoms with van der Waals surface area (Å²) in [6, 6.07) is 6.17. The zero-order valence-corrected chi connectivity index (χ0v) is 8.80. The summed E-state index contributed by atoms with van der Waals surface area (Å²) in [5, 5.41) is 12.4. The van der Waals surface area contributed by atoms with Crippen molar-refractivity contribution in [3.63, 3.8) is 0 Å². The van der Waals surface area contributed by atoms with Crippen molar-refractivity contribution in [3.8, 4) is 17.2 Å². The Labute approximate surface area is 96.9 Å². The van der Waals surface area contributed by atoms with E-state index in [4.69, 9.17) is 5.26 Å². The average Bonchev–Trinajstić information content (AvgIpc) is 2.78. The predicted octanol–water partition coefficient (Wildman–Crippen LogP) is 2.03. The normalized spacial score (nSPS) is 9.88. The third-order valence-electron chi connectivity index (χ3n) is 2.31. The number of hydrogen-bond donors (Lipinski definition) is 0. The molecule has 0 unspecified atom stereocenters. The van der Waals surface area contributed by atoms with Gasteiger partial charge in [0.2, 0.25) is 0 Å². The van der Waals surface area contributed by atoms with Crippen molar-refractivity contribution in [2.75, 3.05) is 0 Å². The fourth-order valence-electron chi connectivity index (χ4n) is 1.50. The van der Waals surface area contributed by atoms with E-state index in [1.807, 2.05) is 6.07 Å². The van der Waals surface area contributed by atoms with E-state index in [-0.39, 0.29) is 12.1 Å². The molecule has 0 amide bonds. The maximum absolute atomic E-state index is 13.7. The molecule has 17 heavy (non-hydrogen) atoms. The van der Waals surface area contributed by atoms with Gasteiger partial charge >= 0.3 is 0 Å². The minimum Gasteiger partial charge on any atom is -0.298 e. The topological polar surface area (TPSA) is 58.7 Å². The zero-order valence-electron chi connectivity index (χ0n) is 8.80. The molecule has 0 aliphatic rings. The molecule has 5 heteroatoms. The van der Waals surface area contributed by atoms with Gasteiger partial charge in [0, 0.05) is 22.9 Å². The van der Waals surface area contributed by atoms with Crippen molar-refractivity contribution in [2.24, 2.45) is 0 Å². The Morgan fingerprint density at radius 2 is 2.35 bits per heavy atom. The molecule has 1 aromatic heterocycles. The van der Waals surface area contributed by atoms with Gasteiger partial charge in [0.05, 0.1) is 12.3 Å². The Morgan fingerprint density at radius 1 is 1.53 bits per heavy atom. The fraction of sp³-hybridized carbons (Fsp3) is 0.0833. The lowest BCUT2D eigenvalue weighted by atomic mass is 10.1. The van der Waals surface area contributed by atoms with E-state index in [1.54, 1.807) is 6.20 Å². The van der Waals surface area contributed by atoms with Crippen LogP contribution in [-0.4, -0.2) is 16.1 Å². The van der Waals surface area contributed by atoms with Crippen LogP contribution in [0.2, 0.25) is 0 Å². The van der Waals surface area contributed by atoms with E-state index >= 15 is 0 Å². The summed E-state index contributed by atoms with van der Waals surface area (Å²) in [6.07, 6.45) is 3.66. The standard InChI is InChI=1S/C12H8FN3O/c13-12-5-9(8-17)1-2-11(12)10-6-15-16(7-10)4-3-14/h1-2,5-8H,4H2. The second-order valence-corrected chi connectivity index (χ2v) is 3.44. The number of rotatable bonds is 3. The molecule has 4 nitrogen and oxygen atoms in total. The van der Waals surface area contributed by atoms with Gasteiger partial charge in [-0.1, -0.05) is 12.1 Å². The van der Waals surface area contributed by atoms with Crippen LogP contribution >= 0.6 is 0 Å². The highest BCUT2D eigenvalue weighted by Crippen LogP contribution is 2.22. The quantitative estimate of drug-likeness (QED) is 0.756. The maximum Gasteiger partial charge on any atom is 0.150 e. The van der Waals surface area contributed by atoms with Gasteiger partial charge in [-0.3, -0.25) is 9.48 Å². The third-order valence-corrected chi connectivity index (χ3v) is 2.31. The van der Waals surface area contributed by atoms with E-state index in [0.29, 0.717) is 17.4 Å². The number of hydrogen-bond acceptors (Lipinski definition) is 3. The lowest BCUT2D eigenvalue weighted by molar-refractivity contribution is 0.112. The summed E-state index contributed by atoms with van der Waals surface area (Å²) in [6.45, 7) is 0.119. The second-order valence-electron chi connectivity index (χ2n) is 3.44. The van der Waals surface area contributed by atoms with Crippen LogP contribution in [-0.2, 0) is 6.54 Å². The van der Waals surface area contributed by atoms with E-state index in [2.05, 4.69) is 5.10 Å². The number of nitrogens with zero attached hydrogens (tertiary/aromatic N) is 3. The number of carbonyl (C=O) groups is 1. The fourth-order valence-corrected chi connectivity index (χ4v) is 1.50. The Morgan fingerprint density at radius 3 is 3.00 bits per heavy atom. The molecule has 0 aliphatic heterocycles. The minimum absolute atomic E-state index is 0.119. The lowest BCUT2D eigenvalue weighted by Gasteiger charge is -2.00. The van der Waals surface area contributed by atoms with Gasteiger partial charge in [0.1, 0.15) is 18.6 Å². The van der Waals surface area contributed by atoms with E-state index in [1.165, 1.54) is 29.1 Å². The van der Waals surface area contributed by atoms with Gasteiger partial charge in [-0.2, -0.15) is 10.4 Å². The molecule has 0 bridgehead atoms. The third kappa shape index (κ3) is 2.21.